The number of urea groups is 2. The number of imide groups is 1. The number of carbonyl (C=O) groups excluding carboxylic acids is 2. The summed E-state index contributed by atoms with van der Waals surface area (Å²) in [4.78, 5) is 28.7. The van der Waals surface area contributed by atoms with Crippen LogP contribution in [-0.4, -0.2) is 67.0 Å². The minimum Gasteiger partial charge on any atom is -0.341 e. The van der Waals surface area contributed by atoms with Crippen LogP contribution in [0, 0.1) is 0 Å². The molecule has 0 radical (unpaired) electrons. The molecule has 1 aliphatic heterocycles. The van der Waals surface area contributed by atoms with Crippen LogP contribution in [0.5, 0.6) is 0 Å². The third kappa shape index (κ3) is 3.95. The summed E-state index contributed by atoms with van der Waals surface area (Å²) < 4.78 is 0. The van der Waals surface area contributed by atoms with Gasteiger partial charge in [0.25, 0.3) is 0 Å². The molecule has 21 heavy (non-hydrogen) atoms. The van der Waals surface area contributed by atoms with E-state index in [1.54, 1.807) is 4.90 Å². The number of rotatable bonds is 2. The molecule has 6 nitrogen and oxygen atoms in total. The summed E-state index contributed by atoms with van der Waals surface area (Å²) in [6.45, 7) is 3.83. The van der Waals surface area contributed by atoms with E-state index in [4.69, 9.17) is 0 Å². The average molecular weight is 290 g/mol. The standard InChI is InChI=1S/C15H22N4O2/c1-16-14(20)17(2)15(21)19-10-8-18(9-11-19)12-13-6-4-3-5-7-13/h3-7H,8-12H2,1-2H3,(H,16,20). The Balaban J connectivity index is 1.83. The molecule has 0 unspecified atom stereocenters. The monoisotopic (exact) mass is 290 g/mol. The first-order chi connectivity index (χ1) is 10.1. The van der Waals surface area contributed by atoms with Gasteiger partial charge in [-0.1, -0.05) is 30.3 Å². The minimum atomic E-state index is -0.383. The fraction of sp³-hybridized carbons (Fsp3) is 0.467. The van der Waals surface area contributed by atoms with Gasteiger partial charge in [0.1, 0.15) is 0 Å². The lowest BCUT2D eigenvalue weighted by Gasteiger charge is -2.36. The van der Waals surface area contributed by atoms with Crippen molar-refractivity contribution >= 4 is 12.1 Å². The van der Waals surface area contributed by atoms with Gasteiger partial charge in [-0.3, -0.25) is 4.90 Å². The summed E-state index contributed by atoms with van der Waals surface area (Å²) in [5.74, 6) is 0. The summed E-state index contributed by atoms with van der Waals surface area (Å²) in [5.41, 5.74) is 1.28. The van der Waals surface area contributed by atoms with Crippen LogP contribution in [0.15, 0.2) is 30.3 Å². The van der Waals surface area contributed by atoms with Gasteiger partial charge in [0.15, 0.2) is 0 Å². The molecule has 1 heterocycles. The molecule has 0 saturated carbocycles. The van der Waals surface area contributed by atoms with Gasteiger partial charge in [-0.25, -0.2) is 14.5 Å². The third-order valence-electron chi connectivity index (χ3n) is 3.70. The average Bonchev–Trinajstić information content (AvgIpc) is 2.54. The molecule has 1 aromatic rings. The second kappa shape index (κ2) is 7.08. The van der Waals surface area contributed by atoms with Crippen molar-refractivity contribution in [2.45, 2.75) is 6.54 Å². The van der Waals surface area contributed by atoms with Gasteiger partial charge in [0, 0.05) is 46.8 Å². The molecular formula is C15H22N4O2. The summed E-state index contributed by atoms with van der Waals surface area (Å²) in [7, 11) is 3.02. The van der Waals surface area contributed by atoms with E-state index in [1.165, 1.54) is 19.7 Å². The lowest BCUT2D eigenvalue weighted by Crippen LogP contribution is -2.54. The van der Waals surface area contributed by atoms with E-state index in [0.29, 0.717) is 13.1 Å². The van der Waals surface area contributed by atoms with Crippen molar-refractivity contribution in [2.75, 3.05) is 40.3 Å². The first-order valence-electron chi connectivity index (χ1n) is 7.12. The fourth-order valence-corrected chi connectivity index (χ4v) is 2.41. The molecule has 0 atom stereocenters. The van der Waals surface area contributed by atoms with Crippen molar-refractivity contribution in [1.29, 1.82) is 0 Å². The van der Waals surface area contributed by atoms with E-state index in [2.05, 4.69) is 22.3 Å². The molecular weight excluding hydrogens is 268 g/mol. The van der Waals surface area contributed by atoms with Crippen LogP contribution in [0.4, 0.5) is 9.59 Å². The molecule has 0 spiro atoms. The van der Waals surface area contributed by atoms with E-state index < -0.39 is 0 Å². The van der Waals surface area contributed by atoms with Crippen LogP contribution in [0.1, 0.15) is 5.56 Å². The smallest absolute Gasteiger partial charge is 0.327 e. The number of piperazine rings is 1. The Kier molecular flexibility index (Phi) is 5.16. The molecule has 6 heteroatoms. The number of hydrogen-bond donors (Lipinski definition) is 1. The molecule has 1 N–H and O–H groups in total. The van der Waals surface area contributed by atoms with Crippen LogP contribution in [-0.2, 0) is 6.54 Å². The van der Waals surface area contributed by atoms with Crippen LogP contribution in [0.2, 0.25) is 0 Å². The first-order valence-corrected chi connectivity index (χ1v) is 7.12. The third-order valence-corrected chi connectivity index (χ3v) is 3.70. The summed E-state index contributed by atoms with van der Waals surface area (Å²) >= 11 is 0. The molecule has 1 fully saturated rings. The lowest BCUT2D eigenvalue weighted by atomic mass is 10.2. The van der Waals surface area contributed by atoms with Gasteiger partial charge >= 0.3 is 12.1 Å². The number of amides is 4. The number of hydrogen-bond acceptors (Lipinski definition) is 3. The Morgan fingerprint density at radius 2 is 1.76 bits per heavy atom. The molecule has 0 aliphatic carbocycles. The largest absolute Gasteiger partial charge is 0.341 e. The van der Waals surface area contributed by atoms with E-state index in [9.17, 15) is 9.59 Å². The van der Waals surface area contributed by atoms with Crippen LogP contribution >= 0.6 is 0 Å². The van der Waals surface area contributed by atoms with E-state index in [-0.39, 0.29) is 12.1 Å². The minimum absolute atomic E-state index is 0.242. The van der Waals surface area contributed by atoms with Crippen LogP contribution < -0.4 is 5.32 Å². The molecule has 0 bridgehead atoms. The maximum atomic E-state index is 12.1. The van der Waals surface area contributed by atoms with Crippen molar-refractivity contribution in [3.05, 3.63) is 35.9 Å². The second-order valence-corrected chi connectivity index (χ2v) is 5.15. The normalized spacial score (nSPS) is 15.6. The second-order valence-electron chi connectivity index (χ2n) is 5.15. The number of benzene rings is 1. The topological polar surface area (TPSA) is 55.9 Å². The van der Waals surface area contributed by atoms with Gasteiger partial charge in [0.05, 0.1) is 0 Å². The first kappa shape index (κ1) is 15.3. The molecule has 1 aliphatic rings. The fourth-order valence-electron chi connectivity index (χ4n) is 2.41. The highest BCUT2D eigenvalue weighted by Gasteiger charge is 2.25. The van der Waals surface area contributed by atoms with Gasteiger partial charge in [-0.05, 0) is 5.56 Å². The summed E-state index contributed by atoms with van der Waals surface area (Å²) in [5, 5.41) is 2.46. The van der Waals surface area contributed by atoms with Crippen molar-refractivity contribution in [3.63, 3.8) is 0 Å². The highest BCUT2D eigenvalue weighted by atomic mass is 16.2. The van der Waals surface area contributed by atoms with Crippen molar-refractivity contribution in [1.82, 2.24) is 20.0 Å². The van der Waals surface area contributed by atoms with Gasteiger partial charge < -0.3 is 10.2 Å². The number of nitrogens with zero attached hydrogens (tertiary/aromatic N) is 3. The molecule has 1 saturated heterocycles. The predicted octanol–water partition coefficient (Wildman–Crippen LogP) is 1.20. The molecule has 0 aromatic heterocycles. The Morgan fingerprint density at radius 1 is 1.14 bits per heavy atom. The highest BCUT2D eigenvalue weighted by molar-refractivity contribution is 5.93. The van der Waals surface area contributed by atoms with E-state index >= 15 is 0 Å². The maximum absolute atomic E-state index is 12.1. The van der Waals surface area contributed by atoms with Crippen molar-refractivity contribution in [3.8, 4) is 0 Å². The Labute approximate surface area is 125 Å². The maximum Gasteiger partial charge on any atom is 0.327 e. The zero-order chi connectivity index (χ0) is 15.2. The van der Waals surface area contributed by atoms with E-state index in [1.807, 2.05) is 18.2 Å². The van der Waals surface area contributed by atoms with Gasteiger partial charge in [0.2, 0.25) is 0 Å². The Morgan fingerprint density at radius 3 is 2.33 bits per heavy atom. The Hall–Kier alpha value is -2.08. The number of nitrogens with one attached hydrogen (secondary N) is 1. The molecule has 114 valence electrons. The SMILES string of the molecule is CNC(=O)N(C)C(=O)N1CCN(Cc2ccccc2)CC1. The van der Waals surface area contributed by atoms with Crippen LogP contribution in [0.3, 0.4) is 0 Å². The van der Waals surface area contributed by atoms with Gasteiger partial charge in [-0.2, -0.15) is 0 Å². The zero-order valence-corrected chi connectivity index (χ0v) is 12.6. The predicted molar refractivity (Wildman–Crippen MR) is 80.9 cm³/mol. The quantitative estimate of drug-likeness (QED) is 0.890. The molecule has 1 aromatic carbocycles. The van der Waals surface area contributed by atoms with E-state index in [0.717, 1.165) is 24.5 Å². The zero-order valence-electron chi connectivity index (χ0n) is 12.6. The summed E-state index contributed by atoms with van der Waals surface area (Å²) in [6.07, 6.45) is 0. The lowest BCUT2D eigenvalue weighted by molar-refractivity contribution is 0.119. The van der Waals surface area contributed by atoms with Crippen molar-refractivity contribution in [2.24, 2.45) is 0 Å². The highest BCUT2D eigenvalue weighted by Crippen LogP contribution is 2.09. The molecule has 4 amide bonds. The van der Waals surface area contributed by atoms with Crippen molar-refractivity contribution < 1.29 is 9.59 Å². The molecule has 2 rings (SSSR count). The van der Waals surface area contributed by atoms with Crippen LogP contribution in [0.25, 0.3) is 0 Å². The van der Waals surface area contributed by atoms with Gasteiger partial charge in [-0.15, -0.1) is 0 Å². The Bertz CT molecular complexity index is 484. The summed E-state index contributed by atoms with van der Waals surface area (Å²) in [6, 6.07) is 9.67. The number of carbonyl (C=O) groups is 2.